The summed E-state index contributed by atoms with van der Waals surface area (Å²) in [6.07, 6.45) is 0. The Morgan fingerprint density at radius 1 is 1.00 bits per heavy atom. The van der Waals surface area contributed by atoms with Gasteiger partial charge in [0.05, 0.1) is 18.6 Å². The summed E-state index contributed by atoms with van der Waals surface area (Å²) in [5.74, 6) is -0.00985. The Morgan fingerprint density at radius 2 is 1.50 bits per heavy atom. The van der Waals surface area contributed by atoms with Crippen molar-refractivity contribution in [3.05, 3.63) is 71.8 Å². The van der Waals surface area contributed by atoms with E-state index >= 15 is 0 Å². The molecule has 0 bridgehead atoms. The molecule has 2 nitrogen and oxygen atoms in total. The summed E-state index contributed by atoms with van der Waals surface area (Å²) in [7, 11) is 0. The summed E-state index contributed by atoms with van der Waals surface area (Å²) < 4.78 is 13.1. The van der Waals surface area contributed by atoms with E-state index in [0.29, 0.717) is 6.54 Å². The molecule has 2 aromatic carbocycles. The molecule has 0 radical (unpaired) electrons. The van der Waals surface area contributed by atoms with Gasteiger partial charge in [-0.25, -0.2) is 4.39 Å². The summed E-state index contributed by atoms with van der Waals surface area (Å²) in [5.41, 5.74) is 2.18. The zero-order chi connectivity index (χ0) is 13.9. The van der Waals surface area contributed by atoms with E-state index in [4.69, 9.17) is 0 Å². The zero-order valence-electron chi connectivity index (χ0n) is 11.1. The zero-order valence-corrected chi connectivity index (χ0v) is 11.1. The highest BCUT2D eigenvalue weighted by molar-refractivity contribution is 5.91. The van der Waals surface area contributed by atoms with Crippen LogP contribution >= 0.6 is 0 Å². The van der Waals surface area contributed by atoms with Gasteiger partial charge in [0.1, 0.15) is 6.67 Å². The Kier molecular flexibility index (Phi) is 3.61. The average Bonchev–Trinajstić information content (AvgIpc) is 2.49. The number of Topliss-reactive ketones (excluding diaryl/α,β-unsaturated/α-hetero) is 1. The largest absolute Gasteiger partial charge is 0.296 e. The minimum atomic E-state index is -0.616. The molecule has 0 spiro atoms. The standard InChI is InChI=1S/C17H16FNO/c18-11-15-16(20)12-19(15)17(13-7-3-1-4-8-13)14-9-5-2-6-10-14/h1-10,15,17H,11-12H2. The Hall–Kier alpha value is -2.00. The van der Waals surface area contributed by atoms with Gasteiger partial charge in [-0.2, -0.15) is 0 Å². The fraction of sp³-hybridized carbons (Fsp3) is 0.235. The van der Waals surface area contributed by atoms with E-state index in [0.717, 1.165) is 11.1 Å². The maximum atomic E-state index is 13.1. The van der Waals surface area contributed by atoms with Crippen molar-refractivity contribution in [3.63, 3.8) is 0 Å². The Balaban J connectivity index is 1.99. The van der Waals surface area contributed by atoms with E-state index < -0.39 is 12.7 Å². The van der Waals surface area contributed by atoms with Gasteiger partial charge in [-0.3, -0.25) is 9.69 Å². The van der Waals surface area contributed by atoms with E-state index in [1.807, 2.05) is 65.6 Å². The van der Waals surface area contributed by atoms with Crippen molar-refractivity contribution in [2.24, 2.45) is 0 Å². The molecule has 1 heterocycles. The van der Waals surface area contributed by atoms with E-state index in [-0.39, 0.29) is 11.8 Å². The maximum Gasteiger partial charge on any atom is 0.166 e. The lowest BCUT2D eigenvalue weighted by atomic mass is 9.90. The molecule has 0 amide bonds. The second-order valence-electron chi connectivity index (χ2n) is 5.03. The molecule has 0 N–H and O–H groups in total. The molecule has 1 unspecified atom stereocenters. The molecule has 1 aliphatic rings. The Labute approximate surface area is 117 Å². The van der Waals surface area contributed by atoms with Crippen LogP contribution in [0.2, 0.25) is 0 Å². The first-order chi connectivity index (χ1) is 9.81. The molecule has 0 aliphatic carbocycles. The van der Waals surface area contributed by atoms with Crippen LogP contribution < -0.4 is 0 Å². The second-order valence-corrected chi connectivity index (χ2v) is 5.03. The number of ketones is 1. The lowest BCUT2D eigenvalue weighted by Gasteiger charge is -2.43. The second kappa shape index (κ2) is 5.55. The fourth-order valence-electron chi connectivity index (χ4n) is 2.76. The summed E-state index contributed by atoms with van der Waals surface area (Å²) in [6.45, 7) is -0.294. The number of halogens is 1. The third-order valence-electron chi connectivity index (χ3n) is 3.82. The topological polar surface area (TPSA) is 20.3 Å². The molecule has 1 fully saturated rings. The van der Waals surface area contributed by atoms with Crippen molar-refractivity contribution in [1.29, 1.82) is 0 Å². The van der Waals surface area contributed by atoms with Gasteiger partial charge in [0.15, 0.2) is 5.78 Å². The molecule has 3 rings (SSSR count). The molecule has 3 heteroatoms. The van der Waals surface area contributed by atoms with Crippen LogP contribution in [0.15, 0.2) is 60.7 Å². The predicted molar refractivity (Wildman–Crippen MR) is 76.2 cm³/mol. The van der Waals surface area contributed by atoms with Crippen molar-refractivity contribution in [1.82, 2.24) is 4.90 Å². The number of carbonyl (C=O) groups is 1. The molecule has 0 aromatic heterocycles. The molecule has 1 saturated heterocycles. The average molecular weight is 269 g/mol. The number of alkyl halides is 1. The number of rotatable bonds is 4. The van der Waals surface area contributed by atoms with Gasteiger partial charge < -0.3 is 0 Å². The Bertz CT molecular complexity index is 545. The lowest BCUT2D eigenvalue weighted by molar-refractivity contribution is -0.139. The summed E-state index contributed by atoms with van der Waals surface area (Å²) in [5, 5.41) is 0. The molecule has 0 saturated carbocycles. The SMILES string of the molecule is O=C1CN(C(c2ccccc2)c2ccccc2)C1CF. The fourth-order valence-corrected chi connectivity index (χ4v) is 2.76. The number of carbonyl (C=O) groups excluding carboxylic acids is 1. The quantitative estimate of drug-likeness (QED) is 0.850. The van der Waals surface area contributed by atoms with Crippen LogP contribution in [-0.2, 0) is 4.79 Å². The van der Waals surface area contributed by atoms with E-state index in [9.17, 15) is 9.18 Å². The van der Waals surface area contributed by atoms with Gasteiger partial charge in [0.25, 0.3) is 0 Å². The molecular weight excluding hydrogens is 253 g/mol. The number of hydrogen-bond donors (Lipinski definition) is 0. The van der Waals surface area contributed by atoms with Crippen LogP contribution in [0.4, 0.5) is 4.39 Å². The summed E-state index contributed by atoms with van der Waals surface area (Å²) in [4.78, 5) is 13.5. The molecular formula is C17H16FNO. The van der Waals surface area contributed by atoms with Crippen LogP contribution in [0.5, 0.6) is 0 Å². The van der Waals surface area contributed by atoms with Crippen LogP contribution in [0.3, 0.4) is 0 Å². The first kappa shape index (κ1) is 13.0. The first-order valence-corrected chi connectivity index (χ1v) is 6.75. The third-order valence-corrected chi connectivity index (χ3v) is 3.82. The smallest absolute Gasteiger partial charge is 0.166 e. The van der Waals surface area contributed by atoms with Crippen molar-refractivity contribution in [2.45, 2.75) is 12.1 Å². The molecule has 20 heavy (non-hydrogen) atoms. The van der Waals surface area contributed by atoms with Crippen LogP contribution in [-0.4, -0.2) is 29.9 Å². The highest BCUT2D eigenvalue weighted by Crippen LogP contribution is 2.34. The first-order valence-electron chi connectivity index (χ1n) is 6.75. The lowest BCUT2D eigenvalue weighted by Crippen LogP contribution is -2.59. The van der Waals surface area contributed by atoms with Crippen LogP contribution in [0, 0.1) is 0 Å². The summed E-state index contributed by atoms with van der Waals surface area (Å²) >= 11 is 0. The van der Waals surface area contributed by atoms with Crippen molar-refractivity contribution in [3.8, 4) is 0 Å². The highest BCUT2D eigenvalue weighted by Gasteiger charge is 2.42. The molecule has 1 aliphatic heterocycles. The van der Waals surface area contributed by atoms with Gasteiger partial charge in [-0.1, -0.05) is 60.7 Å². The normalized spacial score (nSPS) is 19.1. The molecule has 2 aromatic rings. The minimum absolute atomic E-state index is 0.00985. The van der Waals surface area contributed by atoms with Crippen LogP contribution in [0.1, 0.15) is 17.2 Å². The summed E-state index contributed by atoms with van der Waals surface area (Å²) in [6, 6.07) is 19.2. The van der Waals surface area contributed by atoms with Crippen molar-refractivity contribution >= 4 is 5.78 Å². The number of likely N-dealkylation sites (tertiary alicyclic amines) is 1. The van der Waals surface area contributed by atoms with Gasteiger partial charge in [-0.05, 0) is 11.1 Å². The van der Waals surface area contributed by atoms with Crippen molar-refractivity contribution < 1.29 is 9.18 Å². The molecule has 1 atom stereocenters. The highest BCUT2D eigenvalue weighted by atomic mass is 19.1. The Morgan fingerprint density at radius 3 is 1.90 bits per heavy atom. The van der Waals surface area contributed by atoms with Gasteiger partial charge in [0.2, 0.25) is 0 Å². The van der Waals surface area contributed by atoms with Gasteiger partial charge >= 0.3 is 0 Å². The van der Waals surface area contributed by atoms with E-state index in [1.165, 1.54) is 0 Å². The van der Waals surface area contributed by atoms with E-state index in [2.05, 4.69) is 0 Å². The van der Waals surface area contributed by atoms with Crippen LogP contribution in [0.25, 0.3) is 0 Å². The molecule has 102 valence electrons. The van der Waals surface area contributed by atoms with E-state index in [1.54, 1.807) is 0 Å². The third kappa shape index (κ3) is 2.25. The maximum absolute atomic E-state index is 13.1. The van der Waals surface area contributed by atoms with Gasteiger partial charge in [0, 0.05) is 0 Å². The number of nitrogens with zero attached hydrogens (tertiary/aromatic N) is 1. The number of hydrogen-bond acceptors (Lipinski definition) is 2. The number of benzene rings is 2. The minimum Gasteiger partial charge on any atom is -0.296 e. The van der Waals surface area contributed by atoms with Crippen molar-refractivity contribution in [2.75, 3.05) is 13.2 Å². The monoisotopic (exact) mass is 269 g/mol. The van der Waals surface area contributed by atoms with Gasteiger partial charge in [-0.15, -0.1) is 0 Å². The predicted octanol–water partition coefficient (Wildman–Crippen LogP) is 3.00.